The largest absolute Gasteiger partial charge is 0.313 e. The molecule has 1 heterocycles. The normalized spacial score (nSPS) is 13.4. The Morgan fingerprint density at radius 2 is 2.00 bits per heavy atom. The molecule has 1 unspecified atom stereocenters. The highest BCUT2D eigenvalue weighted by Gasteiger charge is 2.20. The van der Waals surface area contributed by atoms with Gasteiger partial charge in [0, 0.05) is 33.3 Å². The predicted octanol–water partition coefficient (Wildman–Crippen LogP) is 5.25. The van der Waals surface area contributed by atoms with Crippen LogP contribution in [0.5, 0.6) is 0 Å². The lowest BCUT2D eigenvalue weighted by molar-refractivity contribution is 0.560. The second kappa shape index (κ2) is 6.66. The van der Waals surface area contributed by atoms with Crippen molar-refractivity contribution in [3.63, 3.8) is 0 Å². The minimum absolute atomic E-state index is 0.0851. The van der Waals surface area contributed by atoms with Crippen molar-refractivity contribution < 1.29 is 0 Å². The van der Waals surface area contributed by atoms with Crippen LogP contribution >= 0.6 is 34.5 Å². The Balaban J connectivity index is 2.21. The summed E-state index contributed by atoms with van der Waals surface area (Å²) in [4.78, 5) is 4.75. The van der Waals surface area contributed by atoms with Crippen LogP contribution in [-0.4, -0.2) is 12.0 Å². The Morgan fingerprint density at radius 1 is 1.29 bits per heavy atom. The molecule has 2 aromatic rings. The van der Waals surface area contributed by atoms with Gasteiger partial charge in [-0.15, -0.1) is 11.3 Å². The molecule has 114 valence electrons. The van der Waals surface area contributed by atoms with Gasteiger partial charge < -0.3 is 5.32 Å². The molecular weight excluding hydrogens is 323 g/mol. The lowest BCUT2D eigenvalue weighted by Gasteiger charge is -2.17. The molecule has 1 aromatic heterocycles. The molecule has 0 aliphatic heterocycles. The summed E-state index contributed by atoms with van der Waals surface area (Å²) in [6.45, 7) is 6.53. The maximum Gasteiger partial charge on any atom is 0.0947 e. The predicted molar refractivity (Wildman–Crippen MR) is 92.8 cm³/mol. The first kappa shape index (κ1) is 16.8. The van der Waals surface area contributed by atoms with E-state index in [1.165, 1.54) is 0 Å². The number of thiazole rings is 1. The van der Waals surface area contributed by atoms with Gasteiger partial charge in [0.15, 0.2) is 0 Å². The smallest absolute Gasteiger partial charge is 0.0947 e. The topological polar surface area (TPSA) is 24.9 Å². The molecule has 0 saturated carbocycles. The molecule has 0 aliphatic rings. The van der Waals surface area contributed by atoms with E-state index in [1.54, 1.807) is 17.4 Å². The lowest BCUT2D eigenvalue weighted by Crippen LogP contribution is -2.19. The Kier molecular flexibility index (Phi) is 5.31. The fourth-order valence-electron chi connectivity index (χ4n) is 2.08. The van der Waals surface area contributed by atoms with Crippen LogP contribution in [0.4, 0.5) is 0 Å². The van der Waals surface area contributed by atoms with Gasteiger partial charge in [0.2, 0.25) is 0 Å². The van der Waals surface area contributed by atoms with Gasteiger partial charge in [0.1, 0.15) is 0 Å². The van der Waals surface area contributed by atoms with E-state index in [0.29, 0.717) is 10.0 Å². The summed E-state index contributed by atoms with van der Waals surface area (Å²) in [5, 5.41) is 7.92. The van der Waals surface area contributed by atoms with Crippen molar-refractivity contribution in [3.8, 4) is 0 Å². The number of benzene rings is 1. The average Bonchev–Trinajstić information content (AvgIpc) is 2.85. The maximum absolute atomic E-state index is 6.31. The van der Waals surface area contributed by atoms with Gasteiger partial charge in [-0.2, -0.15) is 0 Å². The van der Waals surface area contributed by atoms with Crippen LogP contribution in [0.1, 0.15) is 43.1 Å². The number of aromatic nitrogens is 1. The van der Waals surface area contributed by atoms with E-state index in [1.807, 2.05) is 19.2 Å². The number of hydrogen-bond donors (Lipinski definition) is 1. The van der Waals surface area contributed by atoms with E-state index in [-0.39, 0.29) is 11.5 Å². The number of nitrogens with zero attached hydrogens (tertiary/aromatic N) is 1. The molecule has 0 saturated heterocycles. The highest BCUT2D eigenvalue weighted by molar-refractivity contribution is 7.09. The van der Waals surface area contributed by atoms with Gasteiger partial charge in [-0.3, -0.25) is 0 Å². The zero-order chi connectivity index (χ0) is 15.6. The molecule has 0 aliphatic carbocycles. The lowest BCUT2D eigenvalue weighted by atomic mass is 9.93. The molecule has 0 radical (unpaired) electrons. The summed E-state index contributed by atoms with van der Waals surface area (Å²) in [5.41, 5.74) is 2.28. The fraction of sp³-hybridized carbons (Fsp3) is 0.438. The summed E-state index contributed by atoms with van der Waals surface area (Å²) >= 11 is 14.0. The summed E-state index contributed by atoms with van der Waals surface area (Å²) in [7, 11) is 1.94. The number of hydrogen-bond acceptors (Lipinski definition) is 3. The van der Waals surface area contributed by atoms with Crippen molar-refractivity contribution in [3.05, 3.63) is 49.9 Å². The highest BCUT2D eigenvalue weighted by atomic mass is 35.5. The van der Waals surface area contributed by atoms with Crippen LogP contribution in [0.25, 0.3) is 0 Å². The van der Waals surface area contributed by atoms with E-state index in [2.05, 4.69) is 31.5 Å². The minimum Gasteiger partial charge on any atom is -0.313 e. The van der Waals surface area contributed by atoms with Gasteiger partial charge in [-0.1, -0.05) is 50.0 Å². The summed E-state index contributed by atoms with van der Waals surface area (Å²) < 4.78 is 0. The quantitative estimate of drug-likeness (QED) is 0.820. The van der Waals surface area contributed by atoms with E-state index in [4.69, 9.17) is 28.2 Å². The van der Waals surface area contributed by atoms with Crippen LogP contribution in [0, 0.1) is 0 Å². The van der Waals surface area contributed by atoms with E-state index >= 15 is 0 Å². The Bertz CT molecular complexity index is 617. The summed E-state index contributed by atoms with van der Waals surface area (Å²) in [6.07, 6.45) is 0.818. The molecule has 21 heavy (non-hydrogen) atoms. The van der Waals surface area contributed by atoms with Crippen LogP contribution < -0.4 is 5.32 Å². The van der Waals surface area contributed by atoms with Crippen LogP contribution in [0.3, 0.4) is 0 Å². The Hall–Kier alpha value is -0.610. The molecule has 1 atom stereocenters. The number of likely N-dealkylation sites (N-methyl/N-ethyl adjacent to an activating group) is 1. The molecule has 5 heteroatoms. The van der Waals surface area contributed by atoms with Crippen molar-refractivity contribution in [2.24, 2.45) is 0 Å². The average molecular weight is 343 g/mol. The first-order valence-corrected chi connectivity index (χ1v) is 8.52. The number of nitrogens with one attached hydrogen (secondary N) is 1. The molecule has 1 N–H and O–H groups in total. The van der Waals surface area contributed by atoms with Gasteiger partial charge in [-0.05, 0) is 24.7 Å². The third-order valence-corrected chi connectivity index (χ3v) is 4.82. The Morgan fingerprint density at radius 3 is 2.52 bits per heavy atom. The maximum atomic E-state index is 6.31. The number of halogens is 2. The third kappa shape index (κ3) is 4.19. The summed E-state index contributed by atoms with van der Waals surface area (Å²) in [5.74, 6) is 0. The standard InChI is InChI=1S/C16H20Cl2N2S/c1-16(2,3)14-9-21-15(20-14)8-13(19-4)11-6-5-10(17)7-12(11)18/h5-7,9,13,19H,8H2,1-4H3. The molecule has 2 nitrogen and oxygen atoms in total. The van der Waals surface area contributed by atoms with Crippen molar-refractivity contribution in [1.82, 2.24) is 10.3 Å². The van der Waals surface area contributed by atoms with Crippen molar-refractivity contribution in [2.75, 3.05) is 7.05 Å². The first-order valence-electron chi connectivity index (χ1n) is 6.88. The molecule has 0 fully saturated rings. The molecule has 0 spiro atoms. The van der Waals surface area contributed by atoms with Crippen molar-refractivity contribution in [2.45, 2.75) is 38.6 Å². The van der Waals surface area contributed by atoms with E-state index < -0.39 is 0 Å². The van der Waals surface area contributed by atoms with E-state index in [9.17, 15) is 0 Å². The summed E-state index contributed by atoms with van der Waals surface area (Å²) in [6, 6.07) is 5.76. The molecule has 1 aromatic carbocycles. The molecule has 0 amide bonds. The zero-order valence-electron chi connectivity index (χ0n) is 12.7. The van der Waals surface area contributed by atoms with Crippen LogP contribution in [0.15, 0.2) is 23.6 Å². The van der Waals surface area contributed by atoms with Gasteiger partial charge in [-0.25, -0.2) is 4.98 Å². The number of rotatable bonds is 4. The highest BCUT2D eigenvalue weighted by Crippen LogP contribution is 2.30. The zero-order valence-corrected chi connectivity index (χ0v) is 15.0. The second-order valence-electron chi connectivity index (χ2n) is 6.09. The van der Waals surface area contributed by atoms with E-state index in [0.717, 1.165) is 22.7 Å². The Labute approximate surface area is 140 Å². The first-order chi connectivity index (χ1) is 9.81. The SMILES string of the molecule is CNC(Cc1nc(C(C)(C)C)cs1)c1ccc(Cl)cc1Cl. The van der Waals surface area contributed by atoms with Crippen LogP contribution in [0.2, 0.25) is 10.0 Å². The second-order valence-corrected chi connectivity index (χ2v) is 7.87. The van der Waals surface area contributed by atoms with Crippen LogP contribution in [-0.2, 0) is 11.8 Å². The monoisotopic (exact) mass is 342 g/mol. The van der Waals surface area contributed by atoms with Gasteiger partial charge in [0.25, 0.3) is 0 Å². The third-order valence-electron chi connectivity index (χ3n) is 3.39. The molecular formula is C16H20Cl2N2S. The minimum atomic E-state index is 0.0851. The van der Waals surface area contributed by atoms with Crippen molar-refractivity contribution >= 4 is 34.5 Å². The molecule has 2 rings (SSSR count). The van der Waals surface area contributed by atoms with Crippen molar-refractivity contribution in [1.29, 1.82) is 0 Å². The molecule has 0 bridgehead atoms. The van der Waals surface area contributed by atoms with Gasteiger partial charge in [0.05, 0.1) is 10.7 Å². The van der Waals surface area contributed by atoms with Gasteiger partial charge >= 0.3 is 0 Å². The fourth-order valence-corrected chi connectivity index (χ4v) is 3.68.